The van der Waals surface area contributed by atoms with Crippen LogP contribution in [0.5, 0.6) is 0 Å². The maximum Gasteiger partial charge on any atom is 0.0385 e. The summed E-state index contributed by atoms with van der Waals surface area (Å²) < 4.78 is 0. The molecule has 1 aromatic carbocycles. The summed E-state index contributed by atoms with van der Waals surface area (Å²) in [6.07, 6.45) is 4.03. The Kier molecular flexibility index (Phi) is 5.00. The quantitative estimate of drug-likeness (QED) is 0.897. The molecule has 0 spiro atoms. The van der Waals surface area contributed by atoms with Gasteiger partial charge in [-0.15, -0.1) is 0 Å². The zero-order chi connectivity index (χ0) is 13.8. The fourth-order valence-electron chi connectivity index (χ4n) is 3.38. The summed E-state index contributed by atoms with van der Waals surface area (Å²) in [5, 5.41) is 3.38. The second-order valence-corrected chi connectivity index (χ2v) is 6.08. The van der Waals surface area contributed by atoms with Gasteiger partial charge in [0.2, 0.25) is 0 Å². The van der Waals surface area contributed by atoms with Crippen LogP contribution in [0.1, 0.15) is 42.0 Å². The number of nitrogens with zero attached hydrogens (tertiary/aromatic N) is 1. The summed E-state index contributed by atoms with van der Waals surface area (Å²) >= 11 is 0. The van der Waals surface area contributed by atoms with Gasteiger partial charge in [0.05, 0.1) is 0 Å². The maximum atomic E-state index is 3.38. The highest BCUT2D eigenvalue weighted by Gasteiger charge is 2.28. The number of benzene rings is 1. The third-order valence-corrected chi connectivity index (χ3v) is 4.60. The molecule has 2 unspecified atom stereocenters. The SMILES string of the molecule is CNCC1CCCCN(C)C1c1ccc(C)c(C)c1. The molecule has 0 aliphatic carbocycles. The number of aryl methyl sites for hydroxylation is 2. The Labute approximate surface area is 118 Å². The van der Waals surface area contributed by atoms with E-state index in [1.807, 2.05) is 0 Å². The van der Waals surface area contributed by atoms with Gasteiger partial charge in [0, 0.05) is 6.04 Å². The van der Waals surface area contributed by atoms with E-state index in [4.69, 9.17) is 0 Å². The minimum Gasteiger partial charge on any atom is -0.319 e. The first-order chi connectivity index (χ1) is 9.13. The van der Waals surface area contributed by atoms with Gasteiger partial charge in [0.25, 0.3) is 0 Å². The molecule has 0 aromatic heterocycles. The van der Waals surface area contributed by atoms with Crippen molar-refractivity contribution in [3.05, 3.63) is 34.9 Å². The van der Waals surface area contributed by atoms with Crippen LogP contribution in [0.3, 0.4) is 0 Å². The Morgan fingerprint density at radius 3 is 2.68 bits per heavy atom. The molecule has 106 valence electrons. The van der Waals surface area contributed by atoms with Crippen LogP contribution in [0.25, 0.3) is 0 Å². The second kappa shape index (κ2) is 6.53. The molecule has 1 aliphatic heterocycles. The van der Waals surface area contributed by atoms with Crippen LogP contribution in [0.4, 0.5) is 0 Å². The molecule has 1 N–H and O–H groups in total. The van der Waals surface area contributed by atoms with Gasteiger partial charge >= 0.3 is 0 Å². The Hall–Kier alpha value is -0.860. The molecule has 19 heavy (non-hydrogen) atoms. The summed E-state index contributed by atoms with van der Waals surface area (Å²) in [4.78, 5) is 2.55. The van der Waals surface area contributed by atoms with Crippen molar-refractivity contribution in [3.63, 3.8) is 0 Å². The Bertz CT molecular complexity index is 414. The van der Waals surface area contributed by atoms with Gasteiger partial charge < -0.3 is 5.32 Å². The van der Waals surface area contributed by atoms with Gasteiger partial charge in [0.1, 0.15) is 0 Å². The second-order valence-electron chi connectivity index (χ2n) is 6.08. The predicted molar refractivity (Wildman–Crippen MR) is 82.6 cm³/mol. The van der Waals surface area contributed by atoms with E-state index >= 15 is 0 Å². The summed E-state index contributed by atoms with van der Waals surface area (Å²) in [6.45, 7) is 6.75. The number of hydrogen-bond acceptors (Lipinski definition) is 2. The van der Waals surface area contributed by atoms with E-state index in [0.29, 0.717) is 6.04 Å². The Morgan fingerprint density at radius 1 is 1.21 bits per heavy atom. The van der Waals surface area contributed by atoms with E-state index in [1.165, 1.54) is 42.5 Å². The van der Waals surface area contributed by atoms with Crippen LogP contribution in [0.15, 0.2) is 18.2 Å². The van der Waals surface area contributed by atoms with E-state index < -0.39 is 0 Å². The van der Waals surface area contributed by atoms with Crippen LogP contribution in [-0.4, -0.2) is 32.1 Å². The zero-order valence-corrected chi connectivity index (χ0v) is 12.9. The fraction of sp³-hybridized carbons (Fsp3) is 0.647. The lowest BCUT2D eigenvalue weighted by Crippen LogP contribution is -2.34. The molecule has 2 rings (SSSR count). The highest BCUT2D eigenvalue weighted by Crippen LogP contribution is 2.34. The van der Waals surface area contributed by atoms with Crippen molar-refractivity contribution in [2.75, 3.05) is 27.2 Å². The minimum absolute atomic E-state index is 0.564. The first kappa shape index (κ1) is 14.5. The highest BCUT2D eigenvalue weighted by atomic mass is 15.1. The molecule has 0 amide bonds. The molecule has 1 aliphatic rings. The average molecular weight is 260 g/mol. The van der Waals surface area contributed by atoms with Crippen molar-refractivity contribution < 1.29 is 0 Å². The van der Waals surface area contributed by atoms with E-state index in [1.54, 1.807) is 0 Å². The summed E-state index contributed by atoms with van der Waals surface area (Å²) in [5.41, 5.74) is 4.30. The largest absolute Gasteiger partial charge is 0.319 e. The van der Waals surface area contributed by atoms with Crippen LogP contribution >= 0.6 is 0 Å². The first-order valence-electron chi connectivity index (χ1n) is 7.55. The zero-order valence-electron chi connectivity index (χ0n) is 12.9. The van der Waals surface area contributed by atoms with Crippen molar-refractivity contribution in [2.24, 2.45) is 5.92 Å². The normalized spacial score (nSPS) is 25.3. The highest BCUT2D eigenvalue weighted by molar-refractivity contribution is 5.32. The van der Waals surface area contributed by atoms with Gasteiger partial charge in [-0.25, -0.2) is 0 Å². The van der Waals surface area contributed by atoms with Crippen LogP contribution in [0.2, 0.25) is 0 Å². The van der Waals surface area contributed by atoms with E-state index in [2.05, 4.69) is 56.4 Å². The molecule has 0 bridgehead atoms. The predicted octanol–water partition coefficient (Wildman–Crippen LogP) is 3.30. The molecule has 2 heteroatoms. The van der Waals surface area contributed by atoms with Gasteiger partial charge in [-0.05, 0) is 76.5 Å². The van der Waals surface area contributed by atoms with Crippen molar-refractivity contribution >= 4 is 0 Å². The number of likely N-dealkylation sites (tertiary alicyclic amines) is 1. The van der Waals surface area contributed by atoms with E-state index in [-0.39, 0.29) is 0 Å². The standard InChI is InChI=1S/C17H28N2/c1-13-8-9-15(11-14(13)2)17-16(12-18-3)7-5-6-10-19(17)4/h8-9,11,16-18H,5-7,10,12H2,1-4H3. The number of nitrogens with one attached hydrogen (secondary N) is 1. The summed E-state index contributed by atoms with van der Waals surface area (Å²) in [7, 11) is 4.36. The number of rotatable bonds is 3. The molecule has 0 saturated carbocycles. The minimum atomic E-state index is 0.564. The smallest absolute Gasteiger partial charge is 0.0385 e. The molecule has 2 atom stereocenters. The van der Waals surface area contributed by atoms with Crippen molar-refractivity contribution in [1.82, 2.24) is 10.2 Å². The lowest BCUT2D eigenvalue weighted by Gasteiger charge is -2.33. The lowest BCUT2D eigenvalue weighted by atomic mass is 9.88. The van der Waals surface area contributed by atoms with Crippen molar-refractivity contribution in [1.29, 1.82) is 0 Å². The fourth-order valence-corrected chi connectivity index (χ4v) is 3.38. The molecular weight excluding hydrogens is 232 g/mol. The molecular formula is C17H28N2. The van der Waals surface area contributed by atoms with Crippen LogP contribution in [-0.2, 0) is 0 Å². The Balaban J connectivity index is 2.31. The van der Waals surface area contributed by atoms with E-state index in [9.17, 15) is 0 Å². The summed E-state index contributed by atoms with van der Waals surface area (Å²) in [5.74, 6) is 0.722. The number of hydrogen-bond donors (Lipinski definition) is 1. The van der Waals surface area contributed by atoms with Crippen molar-refractivity contribution in [3.8, 4) is 0 Å². The van der Waals surface area contributed by atoms with Gasteiger partial charge in [0.15, 0.2) is 0 Å². The van der Waals surface area contributed by atoms with Crippen molar-refractivity contribution in [2.45, 2.75) is 39.2 Å². The van der Waals surface area contributed by atoms with Crippen LogP contribution < -0.4 is 5.32 Å². The van der Waals surface area contributed by atoms with Gasteiger partial charge in [-0.2, -0.15) is 0 Å². The summed E-state index contributed by atoms with van der Waals surface area (Å²) in [6, 6.07) is 7.57. The molecule has 1 heterocycles. The lowest BCUT2D eigenvalue weighted by molar-refractivity contribution is 0.191. The van der Waals surface area contributed by atoms with E-state index in [0.717, 1.165) is 12.5 Å². The maximum absolute atomic E-state index is 3.38. The molecule has 1 saturated heterocycles. The third kappa shape index (κ3) is 3.37. The monoisotopic (exact) mass is 260 g/mol. The molecule has 1 aromatic rings. The topological polar surface area (TPSA) is 15.3 Å². The van der Waals surface area contributed by atoms with Gasteiger partial charge in [-0.1, -0.05) is 24.6 Å². The molecule has 0 radical (unpaired) electrons. The first-order valence-corrected chi connectivity index (χ1v) is 7.55. The third-order valence-electron chi connectivity index (χ3n) is 4.60. The van der Waals surface area contributed by atoms with Crippen LogP contribution in [0, 0.1) is 19.8 Å². The van der Waals surface area contributed by atoms with Gasteiger partial charge in [-0.3, -0.25) is 4.90 Å². The molecule has 1 fully saturated rings. The average Bonchev–Trinajstić information content (AvgIpc) is 2.56. The Morgan fingerprint density at radius 2 is 2.00 bits per heavy atom. The molecule has 2 nitrogen and oxygen atoms in total.